The van der Waals surface area contributed by atoms with Crippen LogP contribution < -0.4 is 10.1 Å². The average molecular weight is 329 g/mol. The number of carboxylic acids is 1. The SMILES string of the molecule is COc1ccc(COCCCNCc2ccc(C(=O)O)cc2)cc1. The van der Waals surface area contributed by atoms with E-state index in [-0.39, 0.29) is 0 Å². The van der Waals surface area contributed by atoms with Crippen molar-refractivity contribution < 1.29 is 19.4 Å². The molecule has 0 fully saturated rings. The summed E-state index contributed by atoms with van der Waals surface area (Å²) in [6.07, 6.45) is 0.920. The summed E-state index contributed by atoms with van der Waals surface area (Å²) in [7, 11) is 1.65. The van der Waals surface area contributed by atoms with Crippen LogP contribution in [0.3, 0.4) is 0 Å². The van der Waals surface area contributed by atoms with E-state index in [4.69, 9.17) is 14.6 Å². The van der Waals surface area contributed by atoms with Crippen molar-refractivity contribution in [1.82, 2.24) is 5.32 Å². The topological polar surface area (TPSA) is 67.8 Å². The zero-order chi connectivity index (χ0) is 17.2. The Balaban J connectivity index is 1.55. The third kappa shape index (κ3) is 6.02. The highest BCUT2D eigenvalue weighted by atomic mass is 16.5. The number of hydrogen-bond acceptors (Lipinski definition) is 4. The predicted molar refractivity (Wildman–Crippen MR) is 92.4 cm³/mol. The summed E-state index contributed by atoms with van der Waals surface area (Å²) in [4.78, 5) is 10.8. The summed E-state index contributed by atoms with van der Waals surface area (Å²) in [6.45, 7) is 2.86. The molecular weight excluding hydrogens is 306 g/mol. The second kappa shape index (κ2) is 9.70. The lowest BCUT2D eigenvalue weighted by molar-refractivity contribution is 0.0697. The van der Waals surface area contributed by atoms with E-state index in [0.29, 0.717) is 18.8 Å². The van der Waals surface area contributed by atoms with Gasteiger partial charge in [0.2, 0.25) is 0 Å². The van der Waals surface area contributed by atoms with Gasteiger partial charge in [-0.1, -0.05) is 24.3 Å². The molecule has 0 amide bonds. The Kier molecular flexibility index (Phi) is 7.26. The van der Waals surface area contributed by atoms with Gasteiger partial charge in [-0.3, -0.25) is 0 Å². The van der Waals surface area contributed by atoms with Gasteiger partial charge < -0.3 is 19.9 Å². The van der Waals surface area contributed by atoms with Crippen LogP contribution in [0.1, 0.15) is 27.9 Å². The molecule has 0 aliphatic rings. The number of methoxy groups -OCH3 is 1. The number of aromatic carboxylic acids is 1. The van der Waals surface area contributed by atoms with Crippen LogP contribution in [0, 0.1) is 0 Å². The lowest BCUT2D eigenvalue weighted by Gasteiger charge is -2.07. The minimum Gasteiger partial charge on any atom is -0.497 e. The van der Waals surface area contributed by atoms with Crippen molar-refractivity contribution in [1.29, 1.82) is 0 Å². The first-order valence-electron chi connectivity index (χ1n) is 7.92. The van der Waals surface area contributed by atoms with E-state index in [1.54, 1.807) is 19.2 Å². The molecule has 0 saturated carbocycles. The van der Waals surface area contributed by atoms with Crippen LogP contribution in [0.4, 0.5) is 0 Å². The predicted octanol–water partition coefficient (Wildman–Crippen LogP) is 3.09. The fourth-order valence-electron chi connectivity index (χ4n) is 2.21. The van der Waals surface area contributed by atoms with E-state index in [1.807, 2.05) is 36.4 Å². The first kappa shape index (κ1) is 18.0. The molecule has 0 spiro atoms. The molecule has 0 bridgehead atoms. The van der Waals surface area contributed by atoms with Crippen LogP contribution in [0.5, 0.6) is 5.75 Å². The maximum atomic E-state index is 10.8. The molecule has 0 saturated heterocycles. The third-order valence-electron chi connectivity index (χ3n) is 3.60. The molecule has 2 aromatic rings. The van der Waals surface area contributed by atoms with Crippen molar-refractivity contribution in [3.63, 3.8) is 0 Å². The summed E-state index contributed by atoms with van der Waals surface area (Å²) < 4.78 is 10.8. The molecule has 24 heavy (non-hydrogen) atoms. The average Bonchev–Trinajstić information content (AvgIpc) is 2.62. The van der Waals surface area contributed by atoms with Gasteiger partial charge in [0.25, 0.3) is 0 Å². The van der Waals surface area contributed by atoms with Crippen molar-refractivity contribution in [2.45, 2.75) is 19.6 Å². The highest BCUT2D eigenvalue weighted by Crippen LogP contribution is 2.11. The number of nitrogens with one attached hydrogen (secondary N) is 1. The van der Waals surface area contributed by atoms with E-state index < -0.39 is 5.97 Å². The van der Waals surface area contributed by atoms with Gasteiger partial charge in [0, 0.05) is 13.2 Å². The Hall–Kier alpha value is -2.37. The molecule has 128 valence electrons. The molecule has 5 nitrogen and oxygen atoms in total. The Morgan fingerprint density at radius 3 is 2.33 bits per heavy atom. The van der Waals surface area contributed by atoms with Crippen molar-refractivity contribution in [2.24, 2.45) is 0 Å². The van der Waals surface area contributed by atoms with Crippen molar-refractivity contribution >= 4 is 5.97 Å². The van der Waals surface area contributed by atoms with Gasteiger partial charge >= 0.3 is 5.97 Å². The fraction of sp³-hybridized carbons (Fsp3) is 0.316. The molecular formula is C19H23NO4. The lowest BCUT2D eigenvalue weighted by Crippen LogP contribution is -2.16. The van der Waals surface area contributed by atoms with Crippen molar-refractivity contribution in [3.8, 4) is 5.75 Å². The summed E-state index contributed by atoms with van der Waals surface area (Å²) in [5.74, 6) is -0.0529. The van der Waals surface area contributed by atoms with Crippen molar-refractivity contribution in [3.05, 3.63) is 65.2 Å². The molecule has 0 aliphatic carbocycles. The number of benzene rings is 2. The van der Waals surface area contributed by atoms with Crippen LogP contribution >= 0.6 is 0 Å². The zero-order valence-corrected chi connectivity index (χ0v) is 13.8. The standard InChI is InChI=1S/C19H23NO4/c1-23-18-9-5-16(6-10-18)14-24-12-2-11-20-13-15-3-7-17(8-4-15)19(21)22/h3-10,20H,2,11-14H2,1H3,(H,21,22). The smallest absolute Gasteiger partial charge is 0.335 e. The monoisotopic (exact) mass is 329 g/mol. The first-order chi connectivity index (χ1) is 11.7. The van der Waals surface area contributed by atoms with E-state index in [9.17, 15) is 4.79 Å². The quantitative estimate of drug-likeness (QED) is 0.656. The fourth-order valence-corrected chi connectivity index (χ4v) is 2.21. The molecule has 2 rings (SSSR count). The Morgan fingerprint density at radius 2 is 1.71 bits per heavy atom. The van der Waals surface area contributed by atoms with E-state index in [0.717, 1.165) is 36.4 Å². The second-order valence-corrected chi connectivity index (χ2v) is 5.43. The molecule has 0 aliphatic heterocycles. The van der Waals surface area contributed by atoms with Gasteiger partial charge in [0.15, 0.2) is 0 Å². The van der Waals surface area contributed by atoms with Crippen LogP contribution in [-0.2, 0) is 17.9 Å². The summed E-state index contributed by atoms with van der Waals surface area (Å²) in [5, 5.41) is 12.2. The van der Waals surface area contributed by atoms with Gasteiger partial charge in [0.1, 0.15) is 5.75 Å². The van der Waals surface area contributed by atoms with Gasteiger partial charge in [0.05, 0.1) is 19.3 Å². The van der Waals surface area contributed by atoms with Gasteiger partial charge in [-0.2, -0.15) is 0 Å². The van der Waals surface area contributed by atoms with Gasteiger partial charge in [-0.25, -0.2) is 4.79 Å². The number of rotatable bonds is 10. The highest BCUT2D eigenvalue weighted by Gasteiger charge is 2.01. The minimum absolute atomic E-state index is 0.311. The van der Waals surface area contributed by atoms with Crippen LogP contribution in [0.2, 0.25) is 0 Å². The number of hydrogen-bond donors (Lipinski definition) is 2. The normalized spacial score (nSPS) is 10.5. The van der Waals surface area contributed by atoms with Crippen molar-refractivity contribution in [2.75, 3.05) is 20.3 Å². The van der Waals surface area contributed by atoms with Crippen LogP contribution in [0.15, 0.2) is 48.5 Å². The highest BCUT2D eigenvalue weighted by molar-refractivity contribution is 5.87. The molecule has 0 unspecified atom stereocenters. The van der Waals surface area contributed by atoms with E-state index >= 15 is 0 Å². The van der Waals surface area contributed by atoms with E-state index in [1.165, 1.54) is 0 Å². The summed E-state index contributed by atoms with van der Waals surface area (Å²) in [5.41, 5.74) is 2.51. The number of ether oxygens (including phenoxy) is 2. The van der Waals surface area contributed by atoms with Gasteiger partial charge in [-0.05, 0) is 48.4 Å². The van der Waals surface area contributed by atoms with Crippen LogP contribution in [0.25, 0.3) is 0 Å². The molecule has 2 aromatic carbocycles. The molecule has 0 radical (unpaired) electrons. The molecule has 2 N–H and O–H groups in total. The summed E-state index contributed by atoms with van der Waals surface area (Å²) >= 11 is 0. The van der Waals surface area contributed by atoms with E-state index in [2.05, 4.69) is 5.32 Å². The first-order valence-corrected chi connectivity index (χ1v) is 7.92. The van der Waals surface area contributed by atoms with Crippen LogP contribution in [-0.4, -0.2) is 31.3 Å². The lowest BCUT2D eigenvalue weighted by atomic mass is 10.1. The third-order valence-corrected chi connectivity index (χ3v) is 3.60. The number of carboxylic acid groups (broad SMARTS) is 1. The maximum Gasteiger partial charge on any atom is 0.335 e. The summed E-state index contributed by atoms with van der Waals surface area (Å²) in [6, 6.07) is 14.8. The zero-order valence-electron chi connectivity index (χ0n) is 13.8. The number of carbonyl (C=O) groups is 1. The Morgan fingerprint density at radius 1 is 1.04 bits per heavy atom. The second-order valence-electron chi connectivity index (χ2n) is 5.43. The largest absolute Gasteiger partial charge is 0.497 e. The Bertz CT molecular complexity index is 623. The maximum absolute atomic E-state index is 10.8. The molecule has 0 heterocycles. The minimum atomic E-state index is -0.900. The van der Waals surface area contributed by atoms with Gasteiger partial charge in [-0.15, -0.1) is 0 Å². The molecule has 5 heteroatoms. The molecule has 0 atom stereocenters. The Labute approximate surface area is 142 Å². The molecule has 0 aromatic heterocycles.